The molecule has 1 aliphatic heterocycles. The van der Waals surface area contributed by atoms with Crippen molar-refractivity contribution in [3.63, 3.8) is 0 Å². The lowest BCUT2D eigenvalue weighted by Gasteiger charge is -2.32. The number of ether oxygens (including phenoxy) is 1. The molecule has 30 heavy (non-hydrogen) atoms. The third-order valence-corrected chi connectivity index (χ3v) is 7.78. The van der Waals surface area contributed by atoms with Crippen LogP contribution in [0.25, 0.3) is 0 Å². The van der Waals surface area contributed by atoms with Crippen molar-refractivity contribution in [2.24, 2.45) is 0 Å². The molecular formula is C21H25BrN2O5S. The van der Waals surface area contributed by atoms with E-state index in [1.807, 2.05) is 24.3 Å². The van der Waals surface area contributed by atoms with E-state index in [4.69, 9.17) is 9.84 Å². The minimum atomic E-state index is -3.63. The third-order valence-electron chi connectivity index (χ3n) is 5.10. The molecule has 1 aliphatic rings. The van der Waals surface area contributed by atoms with Crippen molar-refractivity contribution in [3.05, 3.63) is 70.2 Å². The Balaban J connectivity index is 1.56. The van der Waals surface area contributed by atoms with E-state index in [1.54, 1.807) is 30.3 Å². The molecule has 162 valence electrons. The molecular weight excluding hydrogens is 472 g/mol. The van der Waals surface area contributed by atoms with Crippen molar-refractivity contribution in [2.45, 2.75) is 31.6 Å². The Kier molecular flexibility index (Phi) is 7.87. The summed E-state index contributed by atoms with van der Waals surface area (Å²) in [5.41, 5.74) is 1.67. The fraction of sp³-hybridized carbons (Fsp3) is 0.381. The van der Waals surface area contributed by atoms with Gasteiger partial charge in [-0.25, -0.2) is 17.5 Å². The lowest BCUT2D eigenvalue weighted by atomic mass is 10.1. The quantitative estimate of drug-likeness (QED) is 0.579. The monoisotopic (exact) mass is 496 g/mol. The lowest BCUT2D eigenvalue weighted by molar-refractivity contribution is 0.00994. The summed E-state index contributed by atoms with van der Waals surface area (Å²) in [7, 11) is -3.63. The molecule has 2 aromatic rings. The number of hydrogen-bond donors (Lipinski definition) is 2. The van der Waals surface area contributed by atoms with Crippen LogP contribution >= 0.6 is 15.9 Å². The van der Waals surface area contributed by atoms with Crippen molar-refractivity contribution < 1.29 is 23.1 Å². The van der Waals surface area contributed by atoms with Crippen molar-refractivity contribution >= 4 is 32.0 Å². The van der Waals surface area contributed by atoms with Crippen LogP contribution in [0.3, 0.4) is 0 Å². The number of nitrogens with zero attached hydrogens (tertiary/aromatic N) is 1. The maximum atomic E-state index is 12.9. The highest BCUT2D eigenvalue weighted by atomic mass is 79.9. The predicted octanol–water partition coefficient (Wildman–Crippen LogP) is 3.77. The summed E-state index contributed by atoms with van der Waals surface area (Å²) in [5.74, 6) is -0.314. The van der Waals surface area contributed by atoms with Gasteiger partial charge in [0.1, 0.15) is 0 Å². The Morgan fingerprint density at radius 2 is 1.77 bits per heavy atom. The minimum Gasteiger partial charge on any atom is -0.465 e. The number of carbonyl (C=O) groups is 1. The second kappa shape index (κ2) is 10.4. The number of rotatable bonds is 8. The highest BCUT2D eigenvalue weighted by Gasteiger charge is 2.31. The van der Waals surface area contributed by atoms with Crippen LogP contribution in [-0.2, 0) is 21.4 Å². The van der Waals surface area contributed by atoms with Crippen LogP contribution in [0, 0.1) is 0 Å². The molecule has 0 bridgehead atoms. The summed E-state index contributed by atoms with van der Waals surface area (Å²) in [5, 5.41) is 11.4. The highest BCUT2D eigenvalue weighted by Crippen LogP contribution is 2.23. The van der Waals surface area contributed by atoms with Crippen molar-refractivity contribution in [1.82, 2.24) is 9.62 Å². The molecule has 1 amide bonds. The van der Waals surface area contributed by atoms with Crippen LogP contribution in [0.1, 0.15) is 30.0 Å². The van der Waals surface area contributed by atoms with Gasteiger partial charge in [0.25, 0.3) is 0 Å². The number of piperidine rings is 1. The average Bonchev–Trinajstić information content (AvgIpc) is 2.73. The maximum Gasteiger partial charge on any atom is 0.405 e. The zero-order valence-electron chi connectivity index (χ0n) is 16.4. The Labute approximate surface area is 185 Å². The first kappa shape index (κ1) is 22.7. The molecule has 1 heterocycles. The van der Waals surface area contributed by atoms with E-state index < -0.39 is 22.2 Å². The van der Waals surface area contributed by atoms with Gasteiger partial charge in [-0.2, -0.15) is 0 Å². The number of benzene rings is 2. The van der Waals surface area contributed by atoms with E-state index in [2.05, 4.69) is 21.2 Å². The molecule has 1 saturated heterocycles. The first-order valence-corrected chi connectivity index (χ1v) is 12.1. The Morgan fingerprint density at radius 3 is 2.40 bits per heavy atom. The van der Waals surface area contributed by atoms with Crippen LogP contribution < -0.4 is 5.32 Å². The molecule has 0 saturated carbocycles. The predicted molar refractivity (Wildman–Crippen MR) is 118 cm³/mol. The summed E-state index contributed by atoms with van der Waals surface area (Å²) in [6.07, 6.45) is -0.0539. The number of sulfonamides is 1. The number of carboxylic acid groups (broad SMARTS) is 1. The van der Waals surface area contributed by atoms with Crippen molar-refractivity contribution in [1.29, 1.82) is 0 Å². The van der Waals surface area contributed by atoms with Gasteiger partial charge in [0, 0.05) is 17.6 Å². The molecule has 3 rings (SSSR count). The van der Waals surface area contributed by atoms with Gasteiger partial charge in [-0.15, -0.1) is 0 Å². The summed E-state index contributed by atoms with van der Waals surface area (Å²) < 4.78 is 34.3. The Morgan fingerprint density at radius 1 is 1.13 bits per heavy atom. The van der Waals surface area contributed by atoms with E-state index in [-0.39, 0.29) is 11.9 Å². The SMILES string of the molecule is O=C(O)N[C@@H](CS(=O)(=O)N1CCC(OCc2ccccc2Br)CC1)c1ccccc1. The first-order chi connectivity index (χ1) is 14.3. The zero-order chi connectivity index (χ0) is 21.6. The van der Waals surface area contributed by atoms with E-state index in [0.717, 1.165) is 10.0 Å². The molecule has 0 spiro atoms. The second-order valence-corrected chi connectivity index (χ2v) is 10.1. The topological polar surface area (TPSA) is 95.9 Å². The fourth-order valence-electron chi connectivity index (χ4n) is 3.47. The molecule has 2 aromatic carbocycles. The smallest absolute Gasteiger partial charge is 0.405 e. The van der Waals surface area contributed by atoms with Gasteiger partial charge in [-0.05, 0) is 30.0 Å². The largest absolute Gasteiger partial charge is 0.465 e. The van der Waals surface area contributed by atoms with E-state index in [0.29, 0.717) is 38.1 Å². The van der Waals surface area contributed by atoms with Crippen LogP contribution in [0.5, 0.6) is 0 Å². The van der Waals surface area contributed by atoms with Crippen molar-refractivity contribution in [3.8, 4) is 0 Å². The molecule has 1 fully saturated rings. The maximum absolute atomic E-state index is 12.9. The molecule has 7 nitrogen and oxygen atoms in total. The molecule has 1 atom stereocenters. The summed E-state index contributed by atoms with van der Waals surface area (Å²) in [6, 6.07) is 15.8. The van der Waals surface area contributed by atoms with Crippen LogP contribution in [0.15, 0.2) is 59.1 Å². The van der Waals surface area contributed by atoms with Crippen LogP contribution in [-0.4, -0.2) is 48.9 Å². The zero-order valence-corrected chi connectivity index (χ0v) is 18.8. The molecule has 0 unspecified atom stereocenters. The van der Waals surface area contributed by atoms with Crippen LogP contribution in [0.4, 0.5) is 4.79 Å². The summed E-state index contributed by atoms with van der Waals surface area (Å²) in [6.45, 7) is 1.19. The molecule has 9 heteroatoms. The standard InChI is InChI=1S/C21H25BrN2O5S/c22-19-9-5-4-8-17(19)14-29-18-10-12-24(13-11-18)30(27,28)15-20(23-21(25)26)16-6-2-1-3-7-16/h1-9,18,20,23H,10-15H2,(H,25,26)/t20-/m0/s1. The van der Waals surface area contributed by atoms with E-state index in [9.17, 15) is 13.2 Å². The molecule has 0 aromatic heterocycles. The van der Waals surface area contributed by atoms with Gasteiger partial charge < -0.3 is 15.2 Å². The second-order valence-electron chi connectivity index (χ2n) is 7.19. The van der Waals surface area contributed by atoms with Crippen LogP contribution in [0.2, 0.25) is 0 Å². The number of nitrogens with one attached hydrogen (secondary N) is 1. The fourth-order valence-corrected chi connectivity index (χ4v) is 5.55. The summed E-state index contributed by atoms with van der Waals surface area (Å²) in [4.78, 5) is 11.2. The first-order valence-electron chi connectivity index (χ1n) is 9.72. The van der Waals surface area contributed by atoms with Crippen molar-refractivity contribution in [2.75, 3.05) is 18.8 Å². The van der Waals surface area contributed by atoms with Gasteiger partial charge in [0.2, 0.25) is 10.0 Å². The van der Waals surface area contributed by atoms with Gasteiger partial charge in [-0.3, -0.25) is 0 Å². The van der Waals surface area contributed by atoms with E-state index >= 15 is 0 Å². The van der Waals surface area contributed by atoms with Gasteiger partial charge in [-0.1, -0.05) is 64.5 Å². The number of hydrogen-bond acceptors (Lipinski definition) is 4. The van der Waals surface area contributed by atoms with Gasteiger partial charge in [0.15, 0.2) is 0 Å². The molecule has 2 N–H and O–H groups in total. The average molecular weight is 497 g/mol. The normalized spacial score (nSPS) is 16.8. The summed E-state index contributed by atoms with van der Waals surface area (Å²) >= 11 is 3.50. The van der Waals surface area contributed by atoms with Gasteiger partial charge in [0.05, 0.1) is 24.5 Å². The molecule has 0 aliphatic carbocycles. The number of halogens is 1. The Bertz CT molecular complexity index is 947. The lowest BCUT2D eigenvalue weighted by Crippen LogP contribution is -2.44. The van der Waals surface area contributed by atoms with Gasteiger partial charge >= 0.3 is 6.09 Å². The van der Waals surface area contributed by atoms with E-state index in [1.165, 1.54) is 4.31 Å². The Hall–Kier alpha value is -1.94. The third kappa shape index (κ3) is 6.28. The highest BCUT2D eigenvalue weighted by molar-refractivity contribution is 9.10. The number of amides is 1. The molecule has 0 radical (unpaired) electrons. The minimum absolute atomic E-state index is 0.00868.